The summed E-state index contributed by atoms with van der Waals surface area (Å²) in [5.74, 6) is 1.09. The highest BCUT2D eigenvalue weighted by Gasteiger charge is 2.11. The van der Waals surface area contributed by atoms with Crippen molar-refractivity contribution in [2.45, 2.75) is 39.9 Å². The van der Waals surface area contributed by atoms with Gasteiger partial charge in [-0.25, -0.2) is 0 Å². The lowest BCUT2D eigenvalue weighted by Crippen LogP contribution is -2.23. The van der Waals surface area contributed by atoms with Crippen molar-refractivity contribution in [2.24, 2.45) is 0 Å². The van der Waals surface area contributed by atoms with Crippen molar-refractivity contribution in [3.05, 3.63) is 46.0 Å². The van der Waals surface area contributed by atoms with E-state index in [0.717, 1.165) is 44.9 Å². The van der Waals surface area contributed by atoms with E-state index in [-0.39, 0.29) is 0 Å². The van der Waals surface area contributed by atoms with Gasteiger partial charge in [-0.05, 0) is 37.0 Å². The summed E-state index contributed by atoms with van der Waals surface area (Å²) in [6.45, 7) is 9.24. The van der Waals surface area contributed by atoms with Gasteiger partial charge in [-0.3, -0.25) is 4.90 Å². The summed E-state index contributed by atoms with van der Waals surface area (Å²) in [5.41, 5.74) is 1.28. The number of hydrogen-bond acceptors (Lipinski definition) is 4. The number of nitrogens with one attached hydrogen (secondary N) is 1. The van der Waals surface area contributed by atoms with E-state index >= 15 is 0 Å². The molecule has 0 saturated heterocycles. The van der Waals surface area contributed by atoms with Gasteiger partial charge in [0, 0.05) is 23.5 Å². The van der Waals surface area contributed by atoms with Crippen LogP contribution in [-0.4, -0.2) is 18.0 Å². The molecule has 0 spiro atoms. The summed E-state index contributed by atoms with van der Waals surface area (Å²) in [7, 11) is 0. The summed E-state index contributed by atoms with van der Waals surface area (Å²) in [6.07, 6.45) is 2.96. The number of hydrogen-bond donors (Lipinski definition) is 1. The Balaban J connectivity index is 1.91. The van der Waals surface area contributed by atoms with Crippen molar-refractivity contribution >= 4 is 11.3 Å². The van der Waals surface area contributed by atoms with Crippen molar-refractivity contribution in [3.8, 4) is 0 Å². The molecule has 2 aromatic rings. The molecular weight excluding hydrogens is 268 g/mol. The van der Waals surface area contributed by atoms with Gasteiger partial charge in [-0.15, -0.1) is 11.3 Å². The van der Waals surface area contributed by atoms with Crippen LogP contribution in [0, 0.1) is 0 Å². The zero-order valence-electron chi connectivity index (χ0n) is 12.4. The van der Waals surface area contributed by atoms with E-state index in [0.29, 0.717) is 0 Å². The Hall–Kier alpha value is -1.10. The normalized spacial score (nSPS) is 11.3. The molecule has 110 valence electrons. The second-order valence-electron chi connectivity index (χ2n) is 4.93. The van der Waals surface area contributed by atoms with Gasteiger partial charge in [0.15, 0.2) is 0 Å². The Bertz CT molecular complexity index is 478. The third-order valence-corrected chi connectivity index (χ3v) is 4.22. The highest BCUT2D eigenvalue weighted by atomic mass is 32.1. The van der Waals surface area contributed by atoms with Crippen LogP contribution < -0.4 is 5.32 Å². The van der Waals surface area contributed by atoms with E-state index in [1.165, 1.54) is 10.4 Å². The smallest absolute Gasteiger partial charge is 0.122 e. The van der Waals surface area contributed by atoms with Crippen LogP contribution in [0.4, 0.5) is 0 Å². The van der Waals surface area contributed by atoms with Crippen molar-refractivity contribution in [1.29, 1.82) is 0 Å². The topological polar surface area (TPSA) is 28.4 Å². The van der Waals surface area contributed by atoms with Crippen LogP contribution in [-0.2, 0) is 19.6 Å². The van der Waals surface area contributed by atoms with Gasteiger partial charge in [0.1, 0.15) is 5.76 Å². The molecule has 20 heavy (non-hydrogen) atoms. The molecule has 0 aliphatic rings. The monoisotopic (exact) mass is 292 g/mol. The molecule has 0 unspecified atom stereocenters. The molecule has 2 rings (SSSR count). The van der Waals surface area contributed by atoms with E-state index in [4.69, 9.17) is 4.42 Å². The third-order valence-electron chi connectivity index (χ3n) is 3.35. The highest BCUT2D eigenvalue weighted by molar-refractivity contribution is 7.09. The van der Waals surface area contributed by atoms with Gasteiger partial charge < -0.3 is 9.73 Å². The molecule has 0 aromatic carbocycles. The van der Waals surface area contributed by atoms with E-state index in [9.17, 15) is 0 Å². The molecule has 0 atom stereocenters. The minimum Gasteiger partial charge on any atom is -0.468 e. The summed E-state index contributed by atoms with van der Waals surface area (Å²) >= 11 is 1.82. The zero-order valence-corrected chi connectivity index (χ0v) is 13.2. The van der Waals surface area contributed by atoms with Crippen LogP contribution >= 0.6 is 11.3 Å². The minimum absolute atomic E-state index is 0.880. The maximum atomic E-state index is 5.67. The highest BCUT2D eigenvalue weighted by Crippen LogP contribution is 2.17. The van der Waals surface area contributed by atoms with Crippen molar-refractivity contribution in [2.75, 3.05) is 13.1 Å². The molecule has 0 aliphatic carbocycles. The fourth-order valence-corrected chi connectivity index (χ4v) is 2.91. The lowest BCUT2D eigenvalue weighted by molar-refractivity contribution is 0.248. The number of rotatable bonds is 9. The second-order valence-corrected chi connectivity index (χ2v) is 5.96. The van der Waals surface area contributed by atoms with Gasteiger partial charge >= 0.3 is 0 Å². The Labute approximate surface area is 125 Å². The van der Waals surface area contributed by atoms with Crippen LogP contribution in [0.5, 0.6) is 0 Å². The maximum absolute atomic E-state index is 5.67. The molecule has 4 heteroatoms. The number of thiophene rings is 1. The third kappa shape index (κ3) is 4.47. The summed E-state index contributed by atoms with van der Waals surface area (Å²) in [5, 5.41) is 5.57. The van der Waals surface area contributed by atoms with E-state index in [1.807, 2.05) is 11.3 Å². The van der Waals surface area contributed by atoms with Gasteiger partial charge in [0.2, 0.25) is 0 Å². The van der Waals surface area contributed by atoms with Gasteiger partial charge in [-0.1, -0.05) is 19.9 Å². The fraction of sp³-hybridized carbons (Fsp3) is 0.500. The SMILES string of the molecule is CCCNCc1ccoc1CN(CC)Cc1cccs1. The lowest BCUT2D eigenvalue weighted by atomic mass is 10.2. The number of furan rings is 1. The molecule has 3 nitrogen and oxygen atoms in total. The molecule has 2 aromatic heterocycles. The number of nitrogens with zero attached hydrogens (tertiary/aromatic N) is 1. The van der Waals surface area contributed by atoms with Gasteiger partial charge in [0.25, 0.3) is 0 Å². The van der Waals surface area contributed by atoms with E-state index in [1.54, 1.807) is 6.26 Å². The van der Waals surface area contributed by atoms with Crippen LogP contribution in [0.1, 0.15) is 36.5 Å². The summed E-state index contributed by atoms with van der Waals surface area (Å²) < 4.78 is 5.67. The predicted octanol–water partition coefficient (Wildman–Crippen LogP) is 3.86. The molecule has 0 bridgehead atoms. The average molecular weight is 292 g/mol. The first-order valence-electron chi connectivity index (χ1n) is 7.34. The van der Waals surface area contributed by atoms with Gasteiger partial charge in [-0.2, -0.15) is 0 Å². The molecule has 0 radical (unpaired) electrons. The Morgan fingerprint density at radius 1 is 1.25 bits per heavy atom. The standard InChI is InChI=1S/C16H24N2OS/c1-3-8-17-11-14-7-9-19-16(14)13-18(4-2)12-15-6-5-10-20-15/h5-7,9-10,17H,3-4,8,11-13H2,1-2H3. The first kappa shape index (κ1) is 15.3. The molecular formula is C16H24N2OS. The van der Waals surface area contributed by atoms with Crippen molar-refractivity contribution < 1.29 is 4.42 Å². The maximum Gasteiger partial charge on any atom is 0.122 e. The molecule has 0 amide bonds. The van der Waals surface area contributed by atoms with Crippen LogP contribution in [0.25, 0.3) is 0 Å². The molecule has 0 saturated carbocycles. The van der Waals surface area contributed by atoms with Crippen molar-refractivity contribution in [1.82, 2.24) is 10.2 Å². The lowest BCUT2D eigenvalue weighted by Gasteiger charge is -2.19. The van der Waals surface area contributed by atoms with Crippen LogP contribution in [0.2, 0.25) is 0 Å². The zero-order chi connectivity index (χ0) is 14.2. The average Bonchev–Trinajstić information content (AvgIpc) is 3.10. The molecule has 2 heterocycles. The molecule has 1 N–H and O–H groups in total. The Kier molecular flexibility index (Phi) is 6.30. The summed E-state index contributed by atoms with van der Waals surface area (Å²) in [6, 6.07) is 6.39. The summed E-state index contributed by atoms with van der Waals surface area (Å²) in [4.78, 5) is 3.82. The minimum atomic E-state index is 0.880. The second kappa shape index (κ2) is 8.25. The first-order valence-corrected chi connectivity index (χ1v) is 8.22. The van der Waals surface area contributed by atoms with Gasteiger partial charge in [0.05, 0.1) is 12.8 Å². The first-order chi connectivity index (χ1) is 9.83. The Morgan fingerprint density at radius 3 is 2.85 bits per heavy atom. The van der Waals surface area contributed by atoms with Crippen LogP contribution in [0.15, 0.2) is 34.3 Å². The van der Waals surface area contributed by atoms with E-state index in [2.05, 4.69) is 47.6 Å². The Morgan fingerprint density at radius 2 is 2.15 bits per heavy atom. The molecule has 0 fully saturated rings. The van der Waals surface area contributed by atoms with E-state index < -0.39 is 0 Å². The molecule has 0 aliphatic heterocycles. The van der Waals surface area contributed by atoms with Crippen LogP contribution in [0.3, 0.4) is 0 Å². The predicted molar refractivity (Wildman–Crippen MR) is 84.8 cm³/mol. The van der Waals surface area contributed by atoms with Crippen molar-refractivity contribution in [3.63, 3.8) is 0 Å². The quantitative estimate of drug-likeness (QED) is 0.711. The largest absolute Gasteiger partial charge is 0.468 e. The fourth-order valence-electron chi connectivity index (χ4n) is 2.17.